The maximum atomic E-state index is 11.7. The average molecular weight is 334 g/mol. The third-order valence-corrected chi connectivity index (χ3v) is 3.56. The second-order valence-electron chi connectivity index (χ2n) is 4.27. The average Bonchev–Trinajstić information content (AvgIpc) is 2.49. The van der Waals surface area contributed by atoms with Crippen molar-refractivity contribution in [1.29, 1.82) is 0 Å². The molecule has 0 bridgehead atoms. The van der Waals surface area contributed by atoms with Crippen molar-refractivity contribution in [2.75, 3.05) is 13.1 Å². The van der Waals surface area contributed by atoms with Gasteiger partial charge in [-0.05, 0) is 23.8 Å². The topological polar surface area (TPSA) is 54.0 Å². The minimum Gasteiger partial charge on any atom is -0.351 e. The van der Waals surface area contributed by atoms with Crippen LogP contribution in [-0.4, -0.2) is 24.0 Å². The standard InChI is InChI=1S/C15H16BrN3O/c16-14-6-2-1-4-12(14)10-18-8-9-19-15(20)13-5-3-7-17-11-13/h1-7,11,18H,8-10H2,(H,19,20). The Morgan fingerprint density at radius 1 is 1.15 bits per heavy atom. The van der Waals surface area contributed by atoms with Crippen molar-refractivity contribution in [1.82, 2.24) is 15.6 Å². The molecule has 2 N–H and O–H groups in total. The van der Waals surface area contributed by atoms with Crippen LogP contribution in [-0.2, 0) is 6.54 Å². The van der Waals surface area contributed by atoms with Gasteiger partial charge in [-0.25, -0.2) is 0 Å². The first-order valence-electron chi connectivity index (χ1n) is 6.40. The molecular weight excluding hydrogens is 318 g/mol. The molecule has 0 saturated carbocycles. The summed E-state index contributed by atoms with van der Waals surface area (Å²) in [5.74, 6) is -0.0965. The predicted octanol–water partition coefficient (Wildman–Crippen LogP) is 2.36. The Bertz CT molecular complexity index is 560. The highest BCUT2D eigenvalue weighted by atomic mass is 79.9. The molecule has 0 aliphatic heterocycles. The van der Waals surface area contributed by atoms with Gasteiger partial charge in [0, 0.05) is 36.5 Å². The molecule has 20 heavy (non-hydrogen) atoms. The van der Waals surface area contributed by atoms with E-state index >= 15 is 0 Å². The fraction of sp³-hybridized carbons (Fsp3) is 0.200. The largest absolute Gasteiger partial charge is 0.351 e. The smallest absolute Gasteiger partial charge is 0.252 e. The molecule has 1 amide bonds. The van der Waals surface area contributed by atoms with Gasteiger partial charge < -0.3 is 10.6 Å². The van der Waals surface area contributed by atoms with Crippen molar-refractivity contribution in [2.24, 2.45) is 0 Å². The van der Waals surface area contributed by atoms with Crippen molar-refractivity contribution in [3.8, 4) is 0 Å². The molecule has 1 aromatic carbocycles. The van der Waals surface area contributed by atoms with E-state index < -0.39 is 0 Å². The lowest BCUT2D eigenvalue weighted by Gasteiger charge is -2.08. The molecule has 2 rings (SSSR count). The zero-order chi connectivity index (χ0) is 14.2. The van der Waals surface area contributed by atoms with Gasteiger partial charge >= 0.3 is 0 Å². The van der Waals surface area contributed by atoms with Crippen molar-refractivity contribution in [2.45, 2.75) is 6.54 Å². The number of halogens is 1. The summed E-state index contributed by atoms with van der Waals surface area (Å²) in [7, 11) is 0. The van der Waals surface area contributed by atoms with E-state index in [9.17, 15) is 4.79 Å². The number of carbonyl (C=O) groups excluding carboxylic acids is 1. The van der Waals surface area contributed by atoms with Gasteiger partial charge in [0.15, 0.2) is 0 Å². The van der Waals surface area contributed by atoms with Crippen molar-refractivity contribution < 1.29 is 4.79 Å². The van der Waals surface area contributed by atoms with Crippen molar-refractivity contribution in [3.05, 3.63) is 64.4 Å². The molecule has 0 saturated heterocycles. The molecular formula is C15H16BrN3O. The highest BCUT2D eigenvalue weighted by molar-refractivity contribution is 9.10. The number of carbonyl (C=O) groups is 1. The highest BCUT2D eigenvalue weighted by Crippen LogP contribution is 2.14. The monoisotopic (exact) mass is 333 g/mol. The van der Waals surface area contributed by atoms with Gasteiger partial charge in [0.25, 0.3) is 5.91 Å². The molecule has 1 heterocycles. The quantitative estimate of drug-likeness (QED) is 0.798. The van der Waals surface area contributed by atoms with Crippen LogP contribution in [0.15, 0.2) is 53.3 Å². The van der Waals surface area contributed by atoms with Crippen LogP contribution in [0, 0.1) is 0 Å². The highest BCUT2D eigenvalue weighted by Gasteiger charge is 2.03. The van der Waals surface area contributed by atoms with Gasteiger partial charge in [-0.15, -0.1) is 0 Å². The fourth-order valence-corrected chi connectivity index (χ4v) is 2.15. The zero-order valence-corrected chi connectivity index (χ0v) is 12.6. The Morgan fingerprint density at radius 2 is 2.00 bits per heavy atom. The second-order valence-corrected chi connectivity index (χ2v) is 5.12. The van der Waals surface area contributed by atoms with Crippen LogP contribution in [0.3, 0.4) is 0 Å². The Balaban J connectivity index is 1.67. The number of pyridine rings is 1. The first kappa shape index (κ1) is 14.7. The molecule has 0 aliphatic rings. The van der Waals surface area contributed by atoms with Crippen LogP contribution in [0.4, 0.5) is 0 Å². The molecule has 5 heteroatoms. The summed E-state index contributed by atoms with van der Waals surface area (Å²) in [6.45, 7) is 2.07. The zero-order valence-electron chi connectivity index (χ0n) is 11.0. The number of nitrogens with one attached hydrogen (secondary N) is 2. The number of aromatic nitrogens is 1. The summed E-state index contributed by atoms with van der Waals surface area (Å²) in [6, 6.07) is 11.6. The molecule has 0 unspecified atom stereocenters. The Kier molecular flexibility index (Phi) is 5.70. The van der Waals surface area contributed by atoms with Gasteiger partial charge in [-0.3, -0.25) is 9.78 Å². The lowest BCUT2D eigenvalue weighted by atomic mass is 10.2. The van der Waals surface area contributed by atoms with Crippen LogP contribution in [0.1, 0.15) is 15.9 Å². The fourth-order valence-electron chi connectivity index (χ4n) is 1.73. The Morgan fingerprint density at radius 3 is 2.75 bits per heavy atom. The number of nitrogens with zero attached hydrogens (tertiary/aromatic N) is 1. The Labute approximate surface area is 126 Å². The summed E-state index contributed by atoms with van der Waals surface area (Å²) in [4.78, 5) is 15.7. The molecule has 4 nitrogen and oxygen atoms in total. The summed E-state index contributed by atoms with van der Waals surface area (Å²) in [5, 5.41) is 6.14. The lowest BCUT2D eigenvalue weighted by Crippen LogP contribution is -2.31. The van der Waals surface area contributed by atoms with Crippen LogP contribution in [0.5, 0.6) is 0 Å². The van der Waals surface area contributed by atoms with Gasteiger partial charge in [-0.1, -0.05) is 34.1 Å². The second kappa shape index (κ2) is 7.77. The lowest BCUT2D eigenvalue weighted by molar-refractivity contribution is 0.0953. The molecule has 0 atom stereocenters. The van der Waals surface area contributed by atoms with Crippen LogP contribution in [0.25, 0.3) is 0 Å². The molecule has 0 radical (unpaired) electrons. The van der Waals surface area contributed by atoms with E-state index in [1.165, 1.54) is 5.56 Å². The van der Waals surface area contributed by atoms with E-state index in [-0.39, 0.29) is 5.91 Å². The van der Waals surface area contributed by atoms with Gasteiger partial charge in [0.2, 0.25) is 0 Å². The van der Waals surface area contributed by atoms with Gasteiger partial charge in [0.1, 0.15) is 0 Å². The number of amides is 1. The number of hydrogen-bond acceptors (Lipinski definition) is 3. The summed E-state index contributed by atoms with van der Waals surface area (Å²) < 4.78 is 1.09. The molecule has 0 aliphatic carbocycles. The van der Waals surface area contributed by atoms with E-state index in [0.717, 1.165) is 11.0 Å². The molecule has 0 spiro atoms. The van der Waals surface area contributed by atoms with Crippen LogP contribution in [0.2, 0.25) is 0 Å². The number of hydrogen-bond donors (Lipinski definition) is 2. The van der Waals surface area contributed by atoms with Crippen molar-refractivity contribution >= 4 is 21.8 Å². The number of rotatable bonds is 6. The summed E-state index contributed by atoms with van der Waals surface area (Å²) in [6.07, 6.45) is 3.21. The van der Waals surface area contributed by atoms with E-state index in [0.29, 0.717) is 18.7 Å². The first-order chi connectivity index (χ1) is 9.77. The maximum Gasteiger partial charge on any atom is 0.252 e. The maximum absolute atomic E-state index is 11.7. The SMILES string of the molecule is O=C(NCCNCc1ccccc1Br)c1cccnc1. The summed E-state index contributed by atoms with van der Waals surface area (Å²) >= 11 is 3.50. The van der Waals surface area contributed by atoms with Crippen LogP contribution < -0.4 is 10.6 Å². The molecule has 2 aromatic rings. The first-order valence-corrected chi connectivity index (χ1v) is 7.19. The minimum atomic E-state index is -0.0965. The van der Waals surface area contributed by atoms with Crippen molar-refractivity contribution in [3.63, 3.8) is 0 Å². The van der Waals surface area contributed by atoms with Crippen LogP contribution >= 0.6 is 15.9 Å². The molecule has 1 aromatic heterocycles. The van der Waals surface area contributed by atoms with Gasteiger partial charge in [0.05, 0.1) is 5.56 Å². The third-order valence-electron chi connectivity index (χ3n) is 2.78. The minimum absolute atomic E-state index is 0.0965. The summed E-state index contributed by atoms with van der Waals surface area (Å²) in [5.41, 5.74) is 1.78. The Hall–Kier alpha value is -1.72. The number of benzene rings is 1. The normalized spacial score (nSPS) is 10.2. The third kappa shape index (κ3) is 4.43. The van der Waals surface area contributed by atoms with E-state index in [1.807, 2.05) is 18.2 Å². The molecule has 104 valence electrons. The molecule has 0 fully saturated rings. The predicted molar refractivity (Wildman–Crippen MR) is 82.4 cm³/mol. The van der Waals surface area contributed by atoms with E-state index in [2.05, 4.69) is 37.6 Å². The van der Waals surface area contributed by atoms with Gasteiger partial charge in [-0.2, -0.15) is 0 Å². The van der Waals surface area contributed by atoms with E-state index in [4.69, 9.17) is 0 Å². The van der Waals surface area contributed by atoms with E-state index in [1.54, 1.807) is 24.5 Å².